The molecule has 158 valence electrons. The molecule has 0 fully saturated rings. The van der Waals surface area contributed by atoms with E-state index in [2.05, 4.69) is 15.5 Å². The standard InChI is InChI=1S/C19H21ClN6O3S/c1-5-26-15-16(24(3)19(29)25(4)17(15)28)21-18(26)30-10-14(27)23-22-11(2)12-6-8-13(20)9-7-12/h6-9H,5,10H2,1-4H3,(H,23,27)/b22-11+. The third kappa shape index (κ3) is 4.19. The Bertz CT molecular complexity index is 1260. The minimum atomic E-state index is -0.449. The average molecular weight is 449 g/mol. The van der Waals surface area contributed by atoms with Gasteiger partial charge < -0.3 is 4.57 Å². The van der Waals surface area contributed by atoms with E-state index in [4.69, 9.17) is 11.6 Å². The lowest BCUT2D eigenvalue weighted by molar-refractivity contribution is -0.118. The zero-order chi connectivity index (χ0) is 22.0. The number of nitrogens with one attached hydrogen (secondary N) is 1. The third-order valence-corrected chi connectivity index (χ3v) is 5.80. The molecule has 0 unspecified atom stereocenters. The number of benzene rings is 1. The molecule has 0 bridgehead atoms. The molecule has 30 heavy (non-hydrogen) atoms. The van der Waals surface area contributed by atoms with Crippen molar-refractivity contribution in [2.24, 2.45) is 19.2 Å². The summed E-state index contributed by atoms with van der Waals surface area (Å²) in [6, 6.07) is 7.13. The maximum absolute atomic E-state index is 12.5. The molecule has 2 aromatic heterocycles. The Balaban J connectivity index is 1.78. The summed E-state index contributed by atoms with van der Waals surface area (Å²) in [6.07, 6.45) is 0. The topological polar surface area (TPSA) is 103 Å². The van der Waals surface area contributed by atoms with Gasteiger partial charge in [0, 0.05) is 25.7 Å². The van der Waals surface area contributed by atoms with Gasteiger partial charge in [-0.2, -0.15) is 5.10 Å². The first-order valence-corrected chi connectivity index (χ1v) is 10.5. The molecule has 3 rings (SSSR count). The molecule has 0 aliphatic rings. The molecule has 0 spiro atoms. The van der Waals surface area contributed by atoms with Crippen LogP contribution in [0.15, 0.2) is 44.1 Å². The lowest BCUT2D eigenvalue weighted by atomic mass is 10.1. The highest BCUT2D eigenvalue weighted by Gasteiger charge is 2.19. The smallest absolute Gasteiger partial charge is 0.313 e. The van der Waals surface area contributed by atoms with Crippen molar-refractivity contribution >= 4 is 46.1 Å². The van der Waals surface area contributed by atoms with Crippen LogP contribution in [-0.4, -0.2) is 36.1 Å². The maximum atomic E-state index is 12.5. The molecule has 1 N–H and O–H groups in total. The van der Waals surface area contributed by atoms with E-state index in [0.29, 0.717) is 33.6 Å². The molecule has 0 aliphatic heterocycles. The van der Waals surface area contributed by atoms with Crippen LogP contribution in [0.25, 0.3) is 11.2 Å². The van der Waals surface area contributed by atoms with Crippen LogP contribution in [0.3, 0.4) is 0 Å². The Hall–Kier alpha value is -2.85. The van der Waals surface area contributed by atoms with Crippen LogP contribution < -0.4 is 16.7 Å². The summed E-state index contributed by atoms with van der Waals surface area (Å²) in [7, 11) is 2.99. The van der Waals surface area contributed by atoms with Crippen LogP contribution in [0, 0.1) is 0 Å². The summed E-state index contributed by atoms with van der Waals surface area (Å²) in [6.45, 7) is 4.13. The molecule has 0 atom stereocenters. The Kier molecular flexibility index (Phi) is 6.47. The number of hydrogen-bond donors (Lipinski definition) is 1. The average Bonchev–Trinajstić information content (AvgIpc) is 3.12. The van der Waals surface area contributed by atoms with Gasteiger partial charge >= 0.3 is 5.69 Å². The Morgan fingerprint density at radius 2 is 1.87 bits per heavy atom. The van der Waals surface area contributed by atoms with Crippen LogP contribution in [0.2, 0.25) is 5.02 Å². The van der Waals surface area contributed by atoms with Crippen LogP contribution in [0.4, 0.5) is 0 Å². The van der Waals surface area contributed by atoms with Gasteiger partial charge in [-0.3, -0.25) is 18.7 Å². The zero-order valence-electron chi connectivity index (χ0n) is 17.0. The number of halogens is 1. The van der Waals surface area contributed by atoms with Gasteiger partial charge in [0.25, 0.3) is 11.5 Å². The molecule has 0 saturated heterocycles. The molecule has 1 amide bonds. The molecule has 11 heteroatoms. The third-order valence-electron chi connectivity index (χ3n) is 4.57. The number of aromatic nitrogens is 4. The predicted octanol–water partition coefficient (Wildman–Crippen LogP) is 1.74. The summed E-state index contributed by atoms with van der Waals surface area (Å²) >= 11 is 7.05. The number of imidazole rings is 1. The minimum Gasteiger partial charge on any atom is -0.313 e. The van der Waals surface area contributed by atoms with Gasteiger partial charge in [0.1, 0.15) is 0 Å². The number of carbonyl (C=O) groups excluding carboxylic acids is 1. The Morgan fingerprint density at radius 1 is 1.20 bits per heavy atom. The highest BCUT2D eigenvalue weighted by atomic mass is 35.5. The number of thioether (sulfide) groups is 1. The number of aryl methyl sites for hydroxylation is 2. The first-order chi connectivity index (χ1) is 14.2. The molecular formula is C19H21ClN6O3S. The Labute approximate surface area is 181 Å². The van der Waals surface area contributed by atoms with Crippen molar-refractivity contribution in [3.8, 4) is 0 Å². The summed E-state index contributed by atoms with van der Waals surface area (Å²) in [5, 5.41) is 5.22. The van der Waals surface area contributed by atoms with Crippen LogP contribution in [0.1, 0.15) is 19.4 Å². The van der Waals surface area contributed by atoms with Crippen molar-refractivity contribution in [1.29, 1.82) is 0 Å². The monoisotopic (exact) mass is 448 g/mol. The second-order valence-electron chi connectivity index (χ2n) is 6.54. The number of fused-ring (bicyclic) bond motifs is 1. The van der Waals surface area contributed by atoms with Crippen molar-refractivity contribution < 1.29 is 4.79 Å². The van der Waals surface area contributed by atoms with Crippen LogP contribution in [0.5, 0.6) is 0 Å². The van der Waals surface area contributed by atoms with E-state index in [9.17, 15) is 14.4 Å². The fourth-order valence-corrected chi connectivity index (χ4v) is 3.87. The molecule has 0 saturated carbocycles. The van der Waals surface area contributed by atoms with E-state index in [-0.39, 0.29) is 11.7 Å². The minimum absolute atomic E-state index is 0.0506. The first kappa shape index (κ1) is 21.8. The second-order valence-corrected chi connectivity index (χ2v) is 7.92. The summed E-state index contributed by atoms with van der Waals surface area (Å²) in [5.74, 6) is -0.264. The Morgan fingerprint density at radius 3 is 2.50 bits per heavy atom. The van der Waals surface area contributed by atoms with Gasteiger partial charge in [0.2, 0.25) is 0 Å². The van der Waals surface area contributed by atoms with Gasteiger partial charge in [-0.05, 0) is 31.5 Å². The number of rotatable bonds is 6. The fraction of sp³-hybridized carbons (Fsp3) is 0.316. The highest BCUT2D eigenvalue weighted by Crippen LogP contribution is 2.21. The van der Waals surface area contributed by atoms with Gasteiger partial charge in [0.15, 0.2) is 16.3 Å². The summed E-state index contributed by atoms with van der Waals surface area (Å²) < 4.78 is 4.08. The van der Waals surface area contributed by atoms with E-state index in [0.717, 1.165) is 10.1 Å². The number of carbonyl (C=O) groups is 1. The molecular weight excluding hydrogens is 428 g/mol. The normalized spacial score (nSPS) is 11.8. The van der Waals surface area contributed by atoms with E-state index in [1.165, 1.54) is 23.4 Å². The molecule has 0 radical (unpaired) electrons. The lowest BCUT2D eigenvalue weighted by Crippen LogP contribution is -2.37. The fourth-order valence-electron chi connectivity index (χ4n) is 2.89. The second kappa shape index (κ2) is 8.88. The van der Waals surface area contributed by atoms with Gasteiger partial charge in [-0.25, -0.2) is 15.2 Å². The highest BCUT2D eigenvalue weighted by molar-refractivity contribution is 7.99. The lowest BCUT2D eigenvalue weighted by Gasteiger charge is -2.06. The largest absolute Gasteiger partial charge is 0.332 e. The van der Waals surface area contributed by atoms with Crippen LogP contribution >= 0.6 is 23.4 Å². The van der Waals surface area contributed by atoms with Crippen molar-refractivity contribution in [3.05, 3.63) is 55.7 Å². The molecule has 3 aromatic rings. The van der Waals surface area contributed by atoms with E-state index in [1.54, 1.807) is 30.7 Å². The van der Waals surface area contributed by atoms with Crippen molar-refractivity contribution in [1.82, 2.24) is 24.1 Å². The summed E-state index contributed by atoms with van der Waals surface area (Å²) in [5.41, 5.74) is 3.77. The predicted molar refractivity (Wildman–Crippen MR) is 118 cm³/mol. The molecule has 2 heterocycles. The number of hydrazone groups is 1. The maximum Gasteiger partial charge on any atom is 0.332 e. The van der Waals surface area contributed by atoms with Crippen molar-refractivity contribution in [2.75, 3.05) is 5.75 Å². The molecule has 9 nitrogen and oxygen atoms in total. The van der Waals surface area contributed by atoms with Gasteiger partial charge in [0.05, 0.1) is 11.5 Å². The van der Waals surface area contributed by atoms with Gasteiger partial charge in [-0.1, -0.05) is 35.5 Å². The number of hydrogen-bond acceptors (Lipinski definition) is 6. The van der Waals surface area contributed by atoms with Gasteiger partial charge in [-0.15, -0.1) is 0 Å². The summed E-state index contributed by atoms with van der Waals surface area (Å²) in [4.78, 5) is 41.3. The number of nitrogens with zero attached hydrogens (tertiary/aromatic N) is 5. The first-order valence-electron chi connectivity index (χ1n) is 9.12. The van der Waals surface area contributed by atoms with Crippen molar-refractivity contribution in [3.63, 3.8) is 0 Å². The SMILES string of the molecule is CCn1c(SCC(=O)N/N=C(\C)c2ccc(Cl)cc2)nc2c1c(=O)n(C)c(=O)n2C. The number of amides is 1. The quantitative estimate of drug-likeness (QED) is 0.351. The van der Waals surface area contributed by atoms with E-state index >= 15 is 0 Å². The van der Waals surface area contributed by atoms with E-state index < -0.39 is 11.2 Å². The molecule has 0 aliphatic carbocycles. The zero-order valence-corrected chi connectivity index (χ0v) is 18.5. The van der Waals surface area contributed by atoms with E-state index in [1.807, 2.05) is 19.1 Å². The van der Waals surface area contributed by atoms with Crippen molar-refractivity contribution in [2.45, 2.75) is 25.5 Å². The molecule has 1 aromatic carbocycles. The van der Waals surface area contributed by atoms with Crippen LogP contribution in [-0.2, 0) is 25.4 Å².